The first-order chi connectivity index (χ1) is 6.75. The van der Waals surface area contributed by atoms with Crippen LogP contribution in [0.15, 0.2) is 21.9 Å². The molecule has 1 rings (SSSR count). The van der Waals surface area contributed by atoms with Gasteiger partial charge in [-0.2, -0.15) is 11.3 Å². The molecule has 1 heterocycles. The lowest BCUT2D eigenvalue weighted by molar-refractivity contribution is 0.0153. The zero-order valence-electron chi connectivity index (χ0n) is 7.45. The fraction of sp³-hybridized carbons (Fsp3) is 0.500. The standard InChI is InChI=1S/C8H11N3O2S/c9-11-10-3-1-7(12)8(13)6-2-4-14-5-6/h2,4-5,7-8,12-13H,1,3H2. The molecule has 0 spiro atoms. The minimum Gasteiger partial charge on any atom is -0.390 e. The van der Waals surface area contributed by atoms with E-state index in [1.165, 1.54) is 11.3 Å². The molecular formula is C8H11N3O2S. The highest BCUT2D eigenvalue weighted by Gasteiger charge is 2.17. The quantitative estimate of drug-likeness (QED) is 0.444. The van der Waals surface area contributed by atoms with E-state index >= 15 is 0 Å². The van der Waals surface area contributed by atoms with Crippen molar-refractivity contribution in [1.82, 2.24) is 0 Å². The highest BCUT2D eigenvalue weighted by molar-refractivity contribution is 7.07. The van der Waals surface area contributed by atoms with E-state index in [0.717, 1.165) is 0 Å². The smallest absolute Gasteiger partial charge is 0.106 e. The fourth-order valence-corrected chi connectivity index (χ4v) is 1.75. The third-order valence-corrected chi connectivity index (χ3v) is 2.54. The lowest BCUT2D eigenvalue weighted by Gasteiger charge is -2.15. The van der Waals surface area contributed by atoms with Gasteiger partial charge in [-0.15, -0.1) is 0 Å². The molecule has 0 aliphatic heterocycles. The Balaban J connectivity index is 2.44. The molecule has 6 heteroatoms. The van der Waals surface area contributed by atoms with Crippen molar-refractivity contribution in [3.63, 3.8) is 0 Å². The molecule has 0 fully saturated rings. The molecule has 76 valence electrons. The molecule has 0 amide bonds. The average molecular weight is 213 g/mol. The average Bonchev–Trinajstić information content (AvgIpc) is 2.69. The molecule has 5 nitrogen and oxygen atoms in total. The molecule has 14 heavy (non-hydrogen) atoms. The molecule has 0 aliphatic carbocycles. The molecule has 0 saturated carbocycles. The monoisotopic (exact) mass is 213 g/mol. The first kappa shape index (κ1) is 11.0. The Hall–Kier alpha value is -1.07. The van der Waals surface area contributed by atoms with Crippen LogP contribution in [0, 0.1) is 0 Å². The molecule has 0 bridgehead atoms. The number of rotatable bonds is 5. The molecule has 1 aromatic heterocycles. The number of nitrogens with zero attached hydrogens (tertiary/aromatic N) is 3. The third-order valence-electron chi connectivity index (χ3n) is 1.84. The van der Waals surface area contributed by atoms with Gasteiger partial charge in [-0.25, -0.2) is 0 Å². The van der Waals surface area contributed by atoms with Crippen molar-refractivity contribution in [3.8, 4) is 0 Å². The summed E-state index contributed by atoms with van der Waals surface area (Å²) in [6, 6.07) is 1.76. The predicted octanol–water partition coefficient (Wildman–Crippen LogP) is 1.84. The second kappa shape index (κ2) is 5.62. The Morgan fingerprint density at radius 2 is 2.36 bits per heavy atom. The lowest BCUT2D eigenvalue weighted by Crippen LogP contribution is -2.18. The third kappa shape index (κ3) is 3.01. The predicted molar refractivity (Wildman–Crippen MR) is 53.9 cm³/mol. The molecule has 2 unspecified atom stereocenters. The first-order valence-corrected chi connectivity index (χ1v) is 5.09. The maximum absolute atomic E-state index is 9.60. The normalized spacial score (nSPS) is 14.4. The van der Waals surface area contributed by atoms with Crippen LogP contribution in [-0.2, 0) is 0 Å². The van der Waals surface area contributed by atoms with Crippen LogP contribution in [0.4, 0.5) is 0 Å². The van der Waals surface area contributed by atoms with E-state index in [1.807, 2.05) is 5.38 Å². The van der Waals surface area contributed by atoms with Crippen molar-refractivity contribution in [2.45, 2.75) is 18.6 Å². The Morgan fingerprint density at radius 1 is 1.57 bits per heavy atom. The van der Waals surface area contributed by atoms with Gasteiger partial charge in [-0.1, -0.05) is 5.11 Å². The molecule has 2 atom stereocenters. The minimum atomic E-state index is -0.893. The van der Waals surface area contributed by atoms with Crippen LogP contribution in [0.25, 0.3) is 10.4 Å². The number of aliphatic hydroxyl groups is 2. The summed E-state index contributed by atoms with van der Waals surface area (Å²) in [6.45, 7) is 0.193. The number of azide groups is 1. The van der Waals surface area contributed by atoms with Crippen LogP contribution in [-0.4, -0.2) is 22.9 Å². The number of hydrogen-bond donors (Lipinski definition) is 2. The van der Waals surface area contributed by atoms with E-state index < -0.39 is 12.2 Å². The number of aliphatic hydroxyl groups excluding tert-OH is 2. The Morgan fingerprint density at radius 3 is 2.93 bits per heavy atom. The largest absolute Gasteiger partial charge is 0.390 e. The zero-order chi connectivity index (χ0) is 10.4. The van der Waals surface area contributed by atoms with E-state index in [9.17, 15) is 10.2 Å². The Kier molecular flexibility index (Phi) is 4.42. The van der Waals surface area contributed by atoms with Gasteiger partial charge in [0.05, 0.1) is 6.10 Å². The molecule has 0 radical (unpaired) electrons. The maximum Gasteiger partial charge on any atom is 0.106 e. The van der Waals surface area contributed by atoms with Gasteiger partial charge in [0.1, 0.15) is 6.10 Å². The van der Waals surface area contributed by atoms with Gasteiger partial charge < -0.3 is 10.2 Å². The van der Waals surface area contributed by atoms with Crippen LogP contribution >= 0.6 is 11.3 Å². The summed E-state index contributed by atoms with van der Waals surface area (Å²) >= 11 is 1.46. The lowest BCUT2D eigenvalue weighted by atomic mass is 10.1. The molecule has 0 saturated heterocycles. The van der Waals surface area contributed by atoms with Crippen LogP contribution in [0.3, 0.4) is 0 Å². The molecule has 2 N–H and O–H groups in total. The minimum absolute atomic E-state index is 0.193. The number of thiophene rings is 1. The summed E-state index contributed by atoms with van der Waals surface area (Å²) in [7, 11) is 0. The van der Waals surface area contributed by atoms with Gasteiger partial charge in [0.25, 0.3) is 0 Å². The summed E-state index contributed by atoms with van der Waals surface area (Å²) < 4.78 is 0. The van der Waals surface area contributed by atoms with Crippen molar-refractivity contribution in [1.29, 1.82) is 0 Å². The number of hydrogen-bond acceptors (Lipinski definition) is 4. The van der Waals surface area contributed by atoms with Crippen molar-refractivity contribution in [2.24, 2.45) is 5.11 Å². The van der Waals surface area contributed by atoms with Crippen molar-refractivity contribution in [3.05, 3.63) is 32.8 Å². The van der Waals surface area contributed by atoms with Gasteiger partial charge in [0, 0.05) is 11.5 Å². The maximum atomic E-state index is 9.60. The summed E-state index contributed by atoms with van der Waals surface area (Å²) in [5.74, 6) is 0. The SMILES string of the molecule is [N-]=[N+]=NCCC(O)C(O)c1ccsc1. The van der Waals surface area contributed by atoms with Gasteiger partial charge in [-0.05, 0) is 34.3 Å². The van der Waals surface area contributed by atoms with E-state index in [0.29, 0.717) is 5.56 Å². The van der Waals surface area contributed by atoms with Gasteiger partial charge in [0.2, 0.25) is 0 Å². The molecule has 0 aliphatic rings. The highest BCUT2D eigenvalue weighted by atomic mass is 32.1. The highest BCUT2D eigenvalue weighted by Crippen LogP contribution is 2.21. The Labute approximate surface area is 85.3 Å². The molecule has 1 aromatic rings. The van der Waals surface area contributed by atoms with E-state index in [1.54, 1.807) is 11.4 Å². The first-order valence-electron chi connectivity index (χ1n) is 4.14. The second-order valence-corrected chi connectivity index (χ2v) is 3.59. The van der Waals surface area contributed by atoms with Gasteiger partial charge in [0.15, 0.2) is 0 Å². The summed E-state index contributed by atoms with van der Waals surface area (Å²) in [4.78, 5) is 2.56. The fourth-order valence-electron chi connectivity index (χ4n) is 1.06. The van der Waals surface area contributed by atoms with Crippen molar-refractivity contribution in [2.75, 3.05) is 6.54 Å². The van der Waals surface area contributed by atoms with Crippen LogP contribution < -0.4 is 0 Å². The van der Waals surface area contributed by atoms with E-state index in [4.69, 9.17) is 5.53 Å². The van der Waals surface area contributed by atoms with E-state index in [-0.39, 0.29) is 13.0 Å². The second-order valence-electron chi connectivity index (χ2n) is 2.81. The Bertz CT molecular complexity index is 308. The van der Waals surface area contributed by atoms with Crippen molar-refractivity contribution < 1.29 is 10.2 Å². The summed E-state index contributed by atoms with van der Waals surface area (Å²) in [5.41, 5.74) is 8.72. The van der Waals surface area contributed by atoms with Crippen LogP contribution in [0.5, 0.6) is 0 Å². The molecule has 0 aromatic carbocycles. The summed E-state index contributed by atoms with van der Waals surface area (Å²) in [6.07, 6.45) is -1.51. The molecular weight excluding hydrogens is 202 g/mol. The van der Waals surface area contributed by atoms with Crippen LogP contribution in [0.1, 0.15) is 18.1 Å². The summed E-state index contributed by atoms with van der Waals surface area (Å²) in [5, 5.41) is 26.0. The van der Waals surface area contributed by atoms with Crippen molar-refractivity contribution >= 4 is 11.3 Å². The van der Waals surface area contributed by atoms with E-state index in [2.05, 4.69) is 10.0 Å². The van der Waals surface area contributed by atoms with Gasteiger partial charge >= 0.3 is 0 Å². The zero-order valence-corrected chi connectivity index (χ0v) is 8.26. The van der Waals surface area contributed by atoms with Gasteiger partial charge in [-0.3, -0.25) is 0 Å². The van der Waals surface area contributed by atoms with Crippen LogP contribution in [0.2, 0.25) is 0 Å². The topological polar surface area (TPSA) is 89.2 Å².